The molecule has 1 atom stereocenters. The van der Waals surface area contributed by atoms with Crippen LogP contribution in [0.2, 0.25) is 0 Å². The lowest BCUT2D eigenvalue weighted by atomic mass is 10.0. The van der Waals surface area contributed by atoms with E-state index in [2.05, 4.69) is 52.4 Å². The zero-order valence-corrected chi connectivity index (χ0v) is 20.1. The summed E-state index contributed by atoms with van der Waals surface area (Å²) in [6.45, 7) is 7.25. The molecule has 35 heavy (non-hydrogen) atoms. The number of amides is 1. The first-order valence-corrected chi connectivity index (χ1v) is 11.9. The lowest BCUT2D eigenvalue weighted by molar-refractivity contribution is 0.0773. The summed E-state index contributed by atoms with van der Waals surface area (Å²) >= 11 is 0. The highest BCUT2D eigenvalue weighted by molar-refractivity contribution is 5.96. The average Bonchev–Trinajstić information content (AvgIpc) is 3.33. The minimum Gasteiger partial charge on any atom is -0.397 e. The molecule has 2 aliphatic rings. The molecule has 0 aliphatic carbocycles. The minimum atomic E-state index is -0.0414. The quantitative estimate of drug-likeness (QED) is 0.376. The fraction of sp³-hybridized carbons (Fsp3) is 0.346. The highest BCUT2D eigenvalue weighted by Crippen LogP contribution is 2.28. The molecule has 9 heteroatoms. The van der Waals surface area contributed by atoms with E-state index in [9.17, 15) is 4.79 Å². The summed E-state index contributed by atoms with van der Waals surface area (Å²) in [7, 11) is 0. The third-order valence-electron chi connectivity index (χ3n) is 6.81. The van der Waals surface area contributed by atoms with E-state index in [1.165, 1.54) is 11.1 Å². The molecule has 3 aromatic rings. The fourth-order valence-corrected chi connectivity index (χ4v) is 5.07. The smallest absolute Gasteiger partial charge is 0.253 e. The molecule has 0 saturated carbocycles. The van der Waals surface area contributed by atoms with E-state index < -0.39 is 0 Å². The summed E-state index contributed by atoms with van der Waals surface area (Å²) in [5, 5.41) is 6.76. The molecule has 0 spiro atoms. The second-order valence-corrected chi connectivity index (χ2v) is 9.47. The summed E-state index contributed by atoms with van der Waals surface area (Å²) < 4.78 is 0. The third-order valence-corrected chi connectivity index (χ3v) is 6.81. The van der Waals surface area contributed by atoms with Crippen molar-refractivity contribution in [2.24, 2.45) is 5.11 Å². The van der Waals surface area contributed by atoms with Gasteiger partial charge in [0.2, 0.25) is 5.95 Å². The number of nitrogen functional groups attached to an aromatic ring is 1. The molecule has 1 aromatic heterocycles. The second-order valence-electron chi connectivity index (χ2n) is 9.47. The van der Waals surface area contributed by atoms with Crippen LogP contribution < -0.4 is 11.1 Å². The zero-order valence-electron chi connectivity index (χ0n) is 20.1. The van der Waals surface area contributed by atoms with Gasteiger partial charge in [0.15, 0.2) is 0 Å². The normalized spacial score (nSPS) is 17.8. The van der Waals surface area contributed by atoms with Gasteiger partial charge in [0.25, 0.3) is 5.91 Å². The molecular weight excluding hydrogens is 440 g/mol. The Morgan fingerprint density at radius 1 is 1.17 bits per heavy atom. The van der Waals surface area contributed by atoms with Gasteiger partial charge < -0.3 is 16.0 Å². The number of carbonyl (C=O) groups excluding carboxylic acids is 1. The van der Waals surface area contributed by atoms with Crippen molar-refractivity contribution in [2.75, 3.05) is 30.7 Å². The molecule has 3 heterocycles. The summed E-state index contributed by atoms with van der Waals surface area (Å²) in [4.78, 5) is 26.7. The molecule has 2 aliphatic heterocycles. The van der Waals surface area contributed by atoms with Crippen molar-refractivity contribution in [1.82, 2.24) is 19.8 Å². The van der Waals surface area contributed by atoms with Crippen LogP contribution in [0.25, 0.3) is 0 Å². The molecule has 4 N–H and O–H groups in total. The lowest BCUT2D eigenvalue weighted by Gasteiger charge is -2.33. The topological polar surface area (TPSA) is 124 Å². The Hall–Kier alpha value is -3.85. The van der Waals surface area contributed by atoms with Crippen LogP contribution in [0.1, 0.15) is 39.2 Å². The summed E-state index contributed by atoms with van der Waals surface area (Å²) in [6, 6.07) is 11.6. The van der Waals surface area contributed by atoms with Gasteiger partial charge in [-0.25, -0.2) is 15.5 Å². The van der Waals surface area contributed by atoms with Gasteiger partial charge in [-0.1, -0.05) is 6.07 Å². The zero-order chi connectivity index (χ0) is 24.5. The molecule has 2 aromatic carbocycles. The Balaban J connectivity index is 1.23. The first-order valence-electron chi connectivity index (χ1n) is 11.9. The van der Waals surface area contributed by atoms with Gasteiger partial charge in [0.1, 0.15) is 5.69 Å². The van der Waals surface area contributed by atoms with Crippen LogP contribution in [-0.2, 0) is 13.0 Å². The predicted octanol–water partition coefficient (Wildman–Crippen LogP) is 4.35. The molecule has 1 saturated heterocycles. The Bertz CT molecular complexity index is 1270. The van der Waals surface area contributed by atoms with E-state index in [4.69, 9.17) is 16.2 Å². The maximum atomic E-state index is 13.0. The van der Waals surface area contributed by atoms with Crippen LogP contribution in [-0.4, -0.2) is 51.4 Å². The Morgan fingerprint density at radius 3 is 2.74 bits per heavy atom. The van der Waals surface area contributed by atoms with Crippen molar-refractivity contribution in [2.45, 2.75) is 39.3 Å². The number of nitrogens with two attached hydrogens (primary N) is 1. The van der Waals surface area contributed by atoms with Crippen LogP contribution in [0, 0.1) is 19.4 Å². The number of aromatic nitrogens is 2. The lowest BCUT2D eigenvalue weighted by Crippen LogP contribution is -2.42. The number of hydrogen-bond donors (Lipinski definition) is 3. The number of aryl methyl sites for hydroxylation is 2. The molecule has 1 unspecified atom stereocenters. The van der Waals surface area contributed by atoms with Gasteiger partial charge in [0.05, 0.1) is 11.4 Å². The molecule has 1 fully saturated rings. The number of carbonyl (C=O) groups is 1. The number of hydrogen-bond acceptors (Lipinski definition) is 8. The van der Waals surface area contributed by atoms with Crippen LogP contribution in [0.3, 0.4) is 0 Å². The molecule has 5 rings (SSSR count). The Kier molecular flexibility index (Phi) is 6.17. The van der Waals surface area contributed by atoms with E-state index >= 15 is 0 Å². The van der Waals surface area contributed by atoms with Crippen LogP contribution in [0.5, 0.6) is 0 Å². The first-order chi connectivity index (χ1) is 16.9. The minimum absolute atomic E-state index is 0.0414. The van der Waals surface area contributed by atoms with Gasteiger partial charge in [-0.3, -0.25) is 9.69 Å². The molecule has 0 bridgehead atoms. The number of nitrogens with zero attached hydrogens (tertiary/aromatic N) is 5. The molecule has 9 nitrogen and oxygen atoms in total. The van der Waals surface area contributed by atoms with Gasteiger partial charge in [-0.15, -0.1) is 0 Å². The number of fused-ring (bicyclic) bond motifs is 1. The van der Waals surface area contributed by atoms with Gasteiger partial charge in [0, 0.05) is 61.7 Å². The number of rotatable bonds is 5. The van der Waals surface area contributed by atoms with E-state index in [1.807, 2.05) is 11.1 Å². The number of benzene rings is 2. The van der Waals surface area contributed by atoms with Crippen molar-refractivity contribution < 1.29 is 4.79 Å². The van der Waals surface area contributed by atoms with E-state index in [0.29, 0.717) is 42.0 Å². The Morgan fingerprint density at radius 2 is 1.97 bits per heavy atom. The van der Waals surface area contributed by atoms with E-state index in [1.54, 1.807) is 18.2 Å². The monoisotopic (exact) mass is 470 g/mol. The van der Waals surface area contributed by atoms with Gasteiger partial charge in [-0.2, -0.15) is 5.11 Å². The largest absolute Gasteiger partial charge is 0.397 e. The maximum Gasteiger partial charge on any atom is 0.253 e. The van der Waals surface area contributed by atoms with Crippen LogP contribution in [0.15, 0.2) is 47.7 Å². The number of anilines is 3. The van der Waals surface area contributed by atoms with Crippen LogP contribution in [0.4, 0.5) is 23.0 Å². The summed E-state index contributed by atoms with van der Waals surface area (Å²) in [6.07, 6.45) is 3.71. The fourth-order valence-electron chi connectivity index (χ4n) is 5.07. The third kappa shape index (κ3) is 4.85. The summed E-state index contributed by atoms with van der Waals surface area (Å²) in [5.41, 5.74) is 19.9. The van der Waals surface area contributed by atoms with Crippen LogP contribution >= 0.6 is 0 Å². The van der Waals surface area contributed by atoms with E-state index in [0.717, 1.165) is 42.9 Å². The maximum absolute atomic E-state index is 13.0. The van der Waals surface area contributed by atoms with Crippen molar-refractivity contribution in [3.05, 3.63) is 70.5 Å². The van der Waals surface area contributed by atoms with Crippen molar-refractivity contribution in [1.29, 1.82) is 5.53 Å². The average molecular weight is 471 g/mol. The molecule has 0 radical (unpaired) electrons. The van der Waals surface area contributed by atoms with Crippen molar-refractivity contribution in [3.8, 4) is 0 Å². The SMILES string of the molecule is Cc1cc(C)cc(Nc2ncc3c(n2)CCN(C2CCN(C(=O)c4ccc(N)c(N=N)c4)C2)C3)c1. The second kappa shape index (κ2) is 9.42. The summed E-state index contributed by atoms with van der Waals surface area (Å²) in [5.74, 6) is 0.586. The number of nitrogens with one attached hydrogen (secondary N) is 2. The molecular formula is C26H30N8O. The molecule has 180 valence electrons. The van der Waals surface area contributed by atoms with Gasteiger partial charge >= 0.3 is 0 Å². The highest BCUT2D eigenvalue weighted by Gasteiger charge is 2.33. The Labute approximate surface area is 204 Å². The van der Waals surface area contributed by atoms with Crippen molar-refractivity contribution in [3.63, 3.8) is 0 Å². The van der Waals surface area contributed by atoms with Gasteiger partial charge in [-0.05, 0) is 61.7 Å². The highest BCUT2D eigenvalue weighted by atomic mass is 16.2. The first kappa shape index (κ1) is 22.9. The number of likely N-dealkylation sites (tertiary alicyclic amines) is 1. The van der Waals surface area contributed by atoms with E-state index in [-0.39, 0.29) is 5.91 Å². The van der Waals surface area contributed by atoms with Crippen molar-refractivity contribution >= 4 is 28.9 Å². The predicted molar refractivity (Wildman–Crippen MR) is 135 cm³/mol. The standard InChI is InChI=1S/C26H30N8O/c1-16-9-17(2)11-20(10-16)30-26-29-13-19-14-33(8-6-23(19)31-26)21-5-7-34(15-21)25(35)18-3-4-22(27)24(12-18)32-28/h3-4,9-13,21,28H,5-8,14-15,27H2,1-2H3,(H,29,30,31). The molecule has 1 amide bonds.